The zero-order valence-corrected chi connectivity index (χ0v) is 19.2. The number of hydrogen-bond donors (Lipinski definition) is 3. The molecule has 2 aromatic carbocycles. The Morgan fingerprint density at radius 2 is 1.71 bits per heavy atom. The van der Waals surface area contributed by atoms with Gasteiger partial charge in [-0.25, -0.2) is 4.79 Å². The Kier molecular flexibility index (Phi) is 7.47. The summed E-state index contributed by atoms with van der Waals surface area (Å²) in [4.78, 5) is 36.5. The topological polar surface area (TPSA) is 114 Å². The van der Waals surface area contributed by atoms with Crippen molar-refractivity contribution >= 4 is 18.0 Å². The van der Waals surface area contributed by atoms with E-state index < -0.39 is 24.0 Å². The summed E-state index contributed by atoms with van der Waals surface area (Å²) in [5.74, 6) is -1.60. The number of amides is 2. The van der Waals surface area contributed by atoms with Crippen molar-refractivity contribution in [3.8, 4) is 11.1 Å². The number of benzene rings is 2. The quantitative estimate of drug-likeness (QED) is 0.522. The minimum absolute atomic E-state index is 0.0381. The summed E-state index contributed by atoms with van der Waals surface area (Å²) < 4.78 is 11.1. The smallest absolute Gasteiger partial charge is 0.407 e. The van der Waals surface area contributed by atoms with Crippen LogP contribution in [0.5, 0.6) is 0 Å². The molecule has 1 aliphatic heterocycles. The SMILES string of the molecule is CC(NC(=O)C(CCC(=O)O)NC(=O)OCC1c2ccccc2-c2ccccc21)C1CCCO1. The maximum Gasteiger partial charge on any atom is 0.407 e. The standard InChI is InChI=1S/C26H30N2O6/c1-16(23-11-6-14-33-23)27-25(31)22(12-13-24(29)30)28-26(32)34-15-21-19-9-4-2-7-17(19)18-8-3-5-10-20(18)21/h2-5,7-10,16,21-23H,6,11-15H2,1H3,(H,27,31)(H,28,32)(H,29,30). The molecule has 3 unspecified atom stereocenters. The average molecular weight is 467 g/mol. The van der Waals surface area contributed by atoms with Crippen LogP contribution < -0.4 is 10.6 Å². The van der Waals surface area contributed by atoms with Crippen LogP contribution in [0.15, 0.2) is 48.5 Å². The van der Waals surface area contributed by atoms with E-state index in [1.807, 2.05) is 43.3 Å². The van der Waals surface area contributed by atoms with Crippen molar-refractivity contribution < 1.29 is 29.0 Å². The highest BCUT2D eigenvalue weighted by Crippen LogP contribution is 2.44. The third kappa shape index (κ3) is 5.39. The molecule has 0 bridgehead atoms. The molecule has 1 fully saturated rings. The molecule has 34 heavy (non-hydrogen) atoms. The molecule has 180 valence electrons. The zero-order valence-electron chi connectivity index (χ0n) is 19.2. The van der Waals surface area contributed by atoms with E-state index in [1.54, 1.807) is 0 Å². The number of nitrogens with one attached hydrogen (secondary N) is 2. The van der Waals surface area contributed by atoms with Gasteiger partial charge in [-0.05, 0) is 48.4 Å². The lowest BCUT2D eigenvalue weighted by Gasteiger charge is -2.24. The molecule has 0 spiro atoms. The average Bonchev–Trinajstić information content (AvgIpc) is 3.47. The Bertz CT molecular complexity index is 1000. The number of carbonyl (C=O) groups is 3. The van der Waals surface area contributed by atoms with E-state index in [1.165, 1.54) is 0 Å². The van der Waals surface area contributed by atoms with Crippen molar-refractivity contribution in [1.82, 2.24) is 10.6 Å². The van der Waals surface area contributed by atoms with Gasteiger partial charge in [0.1, 0.15) is 12.6 Å². The number of carbonyl (C=O) groups excluding carboxylic acids is 2. The molecule has 2 aromatic rings. The van der Waals surface area contributed by atoms with E-state index in [9.17, 15) is 14.4 Å². The molecule has 3 N–H and O–H groups in total. The predicted molar refractivity (Wildman–Crippen MR) is 125 cm³/mol. The number of carboxylic acids is 1. The van der Waals surface area contributed by atoms with Crippen molar-refractivity contribution in [2.24, 2.45) is 0 Å². The van der Waals surface area contributed by atoms with Crippen LogP contribution in [0.4, 0.5) is 4.79 Å². The van der Waals surface area contributed by atoms with Crippen LogP contribution in [0.1, 0.15) is 49.7 Å². The fourth-order valence-corrected chi connectivity index (χ4v) is 4.73. The normalized spacial score (nSPS) is 18.4. The number of ether oxygens (including phenoxy) is 2. The molecule has 2 aliphatic rings. The molecule has 8 nitrogen and oxygen atoms in total. The molecule has 3 atom stereocenters. The van der Waals surface area contributed by atoms with Gasteiger partial charge in [-0.3, -0.25) is 9.59 Å². The van der Waals surface area contributed by atoms with Crippen LogP contribution in [-0.4, -0.2) is 54.5 Å². The van der Waals surface area contributed by atoms with Crippen LogP contribution in [-0.2, 0) is 19.1 Å². The Labute approximate surface area is 198 Å². The first kappa shape index (κ1) is 23.8. The van der Waals surface area contributed by atoms with Crippen molar-refractivity contribution in [3.63, 3.8) is 0 Å². The largest absolute Gasteiger partial charge is 0.481 e. The van der Waals surface area contributed by atoms with E-state index in [4.69, 9.17) is 14.6 Å². The van der Waals surface area contributed by atoms with E-state index >= 15 is 0 Å². The second-order valence-corrected chi connectivity index (χ2v) is 8.80. The summed E-state index contributed by atoms with van der Waals surface area (Å²) in [6.07, 6.45) is 0.655. The van der Waals surface area contributed by atoms with Crippen LogP contribution in [0.3, 0.4) is 0 Å². The van der Waals surface area contributed by atoms with Crippen molar-refractivity contribution in [3.05, 3.63) is 59.7 Å². The van der Waals surface area contributed by atoms with Gasteiger partial charge < -0.3 is 25.2 Å². The van der Waals surface area contributed by atoms with Gasteiger partial charge in [0, 0.05) is 18.9 Å². The van der Waals surface area contributed by atoms with E-state index in [0.29, 0.717) is 6.61 Å². The van der Waals surface area contributed by atoms with Gasteiger partial charge in [-0.1, -0.05) is 48.5 Å². The van der Waals surface area contributed by atoms with Gasteiger partial charge in [0.25, 0.3) is 0 Å². The lowest BCUT2D eigenvalue weighted by molar-refractivity contribution is -0.137. The fourth-order valence-electron chi connectivity index (χ4n) is 4.73. The fraction of sp³-hybridized carbons (Fsp3) is 0.423. The minimum Gasteiger partial charge on any atom is -0.481 e. The summed E-state index contributed by atoms with van der Waals surface area (Å²) in [6, 6.07) is 14.8. The van der Waals surface area contributed by atoms with Crippen LogP contribution >= 0.6 is 0 Å². The molecule has 1 heterocycles. The van der Waals surface area contributed by atoms with Crippen molar-refractivity contribution in [1.29, 1.82) is 0 Å². The van der Waals surface area contributed by atoms with Crippen molar-refractivity contribution in [2.45, 2.75) is 56.7 Å². The van der Waals surface area contributed by atoms with E-state index in [0.717, 1.165) is 35.1 Å². The molecule has 1 aliphatic carbocycles. The summed E-state index contributed by atoms with van der Waals surface area (Å²) in [5, 5.41) is 14.5. The third-order valence-electron chi connectivity index (χ3n) is 6.49. The molecule has 2 amide bonds. The van der Waals surface area contributed by atoms with Gasteiger partial charge in [0.15, 0.2) is 0 Å². The molecule has 0 saturated carbocycles. The predicted octanol–water partition coefficient (Wildman–Crippen LogP) is 3.44. The van der Waals surface area contributed by atoms with Gasteiger partial charge in [0.2, 0.25) is 5.91 Å². The third-order valence-corrected chi connectivity index (χ3v) is 6.49. The van der Waals surface area contributed by atoms with Crippen molar-refractivity contribution in [2.75, 3.05) is 13.2 Å². The first-order valence-electron chi connectivity index (χ1n) is 11.7. The Morgan fingerprint density at radius 3 is 2.29 bits per heavy atom. The maximum atomic E-state index is 12.8. The summed E-state index contributed by atoms with van der Waals surface area (Å²) in [6.45, 7) is 2.61. The number of rotatable bonds is 9. The second-order valence-electron chi connectivity index (χ2n) is 8.80. The number of carboxylic acid groups (broad SMARTS) is 1. The number of hydrogen-bond acceptors (Lipinski definition) is 5. The van der Waals surface area contributed by atoms with E-state index in [-0.39, 0.29) is 37.5 Å². The van der Waals surface area contributed by atoms with Crippen LogP contribution in [0.2, 0.25) is 0 Å². The van der Waals surface area contributed by atoms with Crippen LogP contribution in [0, 0.1) is 0 Å². The first-order chi connectivity index (χ1) is 16.4. The first-order valence-corrected chi connectivity index (χ1v) is 11.7. The molecule has 0 radical (unpaired) electrons. The number of alkyl carbamates (subject to hydrolysis) is 1. The molecule has 0 aromatic heterocycles. The maximum absolute atomic E-state index is 12.8. The van der Waals surface area contributed by atoms with E-state index in [2.05, 4.69) is 22.8 Å². The minimum atomic E-state index is -1.04. The number of fused-ring (bicyclic) bond motifs is 3. The van der Waals surface area contributed by atoms with Gasteiger partial charge in [-0.15, -0.1) is 0 Å². The van der Waals surface area contributed by atoms with Gasteiger partial charge in [0.05, 0.1) is 12.1 Å². The van der Waals surface area contributed by atoms with Crippen LogP contribution in [0.25, 0.3) is 11.1 Å². The highest BCUT2D eigenvalue weighted by atomic mass is 16.5. The highest BCUT2D eigenvalue weighted by molar-refractivity contribution is 5.86. The number of aliphatic carboxylic acids is 1. The molecule has 4 rings (SSSR count). The Hall–Kier alpha value is -3.39. The summed E-state index contributed by atoms with van der Waals surface area (Å²) in [5.41, 5.74) is 4.41. The molecular formula is C26H30N2O6. The van der Waals surface area contributed by atoms with Gasteiger partial charge >= 0.3 is 12.1 Å². The van der Waals surface area contributed by atoms with Gasteiger partial charge in [-0.2, -0.15) is 0 Å². The highest BCUT2D eigenvalue weighted by Gasteiger charge is 2.31. The Balaban J connectivity index is 1.38. The molecule has 1 saturated heterocycles. The summed E-state index contributed by atoms with van der Waals surface area (Å²) in [7, 11) is 0. The second kappa shape index (κ2) is 10.7. The summed E-state index contributed by atoms with van der Waals surface area (Å²) >= 11 is 0. The molecular weight excluding hydrogens is 436 g/mol. The zero-order chi connectivity index (χ0) is 24.1. The lowest BCUT2D eigenvalue weighted by atomic mass is 9.98. The lowest BCUT2D eigenvalue weighted by Crippen LogP contribution is -2.51. The Morgan fingerprint density at radius 1 is 1.06 bits per heavy atom. The monoisotopic (exact) mass is 466 g/mol. The molecule has 8 heteroatoms.